The maximum absolute atomic E-state index is 12.0. The van der Waals surface area contributed by atoms with Crippen LogP contribution in [0.3, 0.4) is 0 Å². The SMILES string of the molecule is O=C(CCc1nnc(CCCCc2ccccc2)o1)NCC1(O)CCCCC1. The highest BCUT2D eigenvalue weighted by Gasteiger charge is 2.29. The normalized spacial score (nSPS) is 16.0. The van der Waals surface area contributed by atoms with Gasteiger partial charge < -0.3 is 14.8 Å². The standard InChI is InChI=1S/C22H31N3O3/c26-19(23-17-22(27)15-7-2-8-16-22)13-14-21-25-24-20(28-21)12-6-5-11-18-9-3-1-4-10-18/h1,3-4,9-10,27H,2,5-8,11-17H2,(H,23,26). The lowest BCUT2D eigenvalue weighted by Crippen LogP contribution is -2.44. The highest BCUT2D eigenvalue weighted by Crippen LogP contribution is 2.27. The molecular formula is C22H31N3O3. The molecule has 1 aromatic carbocycles. The molecule has 2 aromatic rings. The minimum Gasteiger partial charge on any atom is -0.425 e. The molecule has 28 heavy (non-hydrogen) atoms. The van der Waals surface area contributed by atoms with Crippen LogP contribution in [0, 0.1) is 0 Å². The first kappa shape index (κ1) is 20.5. The number of nitrogens with one attached hydrogen (secondary N) is 1. The third-order valence-corrected chi connectivity index (χ3v) is 5.42. The second kappa shape index (κ2) is 10.4. The van der Waals surface area contributed by atoms with Crippen molar-refractivity contribution >= 4 is 5.91 Å². The summed E-state index contributed by atoms with van der Waals surface area (Å²) in [4.78, 5) is 12.0. The number of amides is 1. The number of rotatable bonds is 10. The van der Waals surface area contributed by atoms with Crippen molar-refractivity contribution in [3.05, 3.63) is 47.7 Å². The Kier molecular flexibility index (Phi) is 7.60. The number of unbranched alkanes of at least 4 members (excludes halogenated alkanes) is 1. The van der Waals surface area contributed by atoms with Crippen LogP contribution in [0.1, 0.15) is 68.7 Å². The molecule has 0 saturated heterocycles. The number of aromatic nitrogens is 2. The molecule has 2 N–H and O–H groups in total. The predicted molar refractivity (Wildman–Crippen MR) is 107 cm³/mol. The summed E-state index contributed by atoms with van der Waals surface area (Å²) in [6, 6.07) is 10.4. The van der Waals surface area contributed by atoms with Gasteiger partial charge in [-0.1, -0.05) is 49.6 Å². The topological polar surface area (TPSA) is 88.2 Å². The van der Waals surface area contributed by atoms with Crippen molar-refractivity contribution in [1.29, 1.82) is 0 Å². The maximum atomic E-state index is 12.0. The van der Waals surface area contributed by atoms with Crippen LogP contribution in [-0.2, 0) is 24.1 Å². The molecule has 0 spiro atoms. The van der Waals surface area contributed by atoms with Gasteiger partial charge in [0, 0.05) is 25.8 Å². The Morgan fingerprint density at radius 3 is 2.43 bits per heavy atom. The van der Waals surface area contributed by atoms with Crippen molar-refractivity contribution in [3.8, 4) is 0 Å². The van der Waals surface area contributed by atoms with E-state index in [1.165, 1.54) is 12.0 Å². The Morgan fingerprint density at radius 2 is 1.68 bits per heavy atom. The van der Waals surface area contributed by atoms with Gasteiger partial charge >= 0.3 is 0 Å². The monoisotopic (exact) mass is 385 g/mol. The summed E-state index contributed by atoms with van der Waals surface area (Å²) >= 11 is 0. The van der Waals surface area contributed by atoms with Gasteiger partial charge in [0.05, 0.1) is 5.60 Å². The van der Waals surface area contributed by atoms with Gasteiger partial charge in [-0.25, -0.2) is 0 Å². The molecule has 0 bridgehead atoms. The van der Waals surface area contributed by atoms with E-state index in [0.29, 0.717) is 31.2 Å². The summed E-state index contributed by atoms with van der Waals surface area (Å²) < 4.78 is 5.65. The summed E-state index contributed by atoms with van der Waals surface area (Å²) in [5, 5.41) is 21.4. The predicted octanol–water partition coefficient (Wildman–Crippen LogP) is 3.38. The first-order chi connectivity index (χ1) is 13.6. The van der Waals surface area contributed by atoms with Crippen LogP contribution in [0.5, 0.6) is 0 Å². The van der Waals surface area contributed by atoms with E-state index in [9.17, 15) is 9.90 Å². The number of benzene rings is 1. The second-order valence-electron chi connectivity index (χ2n) is 7.84. The summed E-state index contributed by atoms with van der Waals surface area (Å²) in [6.45, 7) is 0.336. The molecule has 0 atom stereocenters. The summed E-state index contributed by atoms with van der Waals surface area (Å²) in [7, 11) is 0. The van der Waals surface area contributed by atoms with Gasteiger partial charge in [0.25, 0.3) is 0 Å². The zero-order chi connectivity index (χ0) is 19.7. The van der Waals surface area contributed by atoms with Crippen LogP contribution >= 0.6 is 0 Å². The van der Waals surface area contributed by atoms with Gasteiger partial charge in [-0.05, 0) is 37.7 Å². The molecule has 1 saturated carbocycles. The van der Waals surface area contributed by atoms with Crippen molar-refractivity contribution in [3.63, 3.8) is 0 Å². The third kappa shape index (κ3) is 6.75. The van der Waals surface area contributed by atoms with Crippen LogP contribution in [0.15, 0.2) is 34.7 Å². The molecule has 1 amide bonds. The Balaban J connectivity index is 1.31. The number of aryl methyl sites for hydroxylation is 3. The van der Waals surface area contributed by atoms with Gasteiger partial charge in [0.1, 0.15) is 0 Å². The Morgan fingerprint density at radius 1 is 1.00 bits per heavy atom. The van der Waals surface area contributed by atoms with Crippen molar-refractivity contribution < 1.29 is 14.3 Å². The smallest absolute Gasteiger partial charge is 0.220 e. The van der Waals surface area contributed by atoms with E-state index in [-0.39, 0.29) is 5.91 Å². The summed E-state index contributed by atoms with van der Waals surface area (Å²) in [5.41, 5.74) is 0.614. The number of nitrogens with zero attached hydrogens (tertiary/aromatic N) is 2. The van der Waals surface area contributed by atoms with E-state index in [2.05, 4.69) is 39.8 Å². The molecule has 1 fully saturated rings. The quantitative estimate of drug-likeness (QED) is 0.612. The van der Waals surface area contributed by atoms with Crippen molar-refractivity contribution in [2.24, 2.45) is 0 Å². The zero-order valence-corrected chi connectivity index (χ0v) is 16.5. The fourth-order valence-corrected chi connectivity index (χ4v) is 3.70. The van der Waals surface area contributed by atoms with Gasteiger partial charge in [0.2, 0.25) is 17.7 Å². The molecule has 1 aliphatic carbocycles. The zero-order valence-electron chi connectivity index (χ0n) is 16.5. The number of carbonyl (C=O) groups excluding carboxylic acids is 1. The lowest BCUT2D eigenvalue weighted by atomic mass is 9.85. The van der Waals surface area contributed by atoms with Gasteiger partial charge in [-0.3, -0.25) is 4.79 Å². The molecular weight excluding hydrogens is 354 g/mol. The molecule has 1 heterocycles. The maximum Gasteiger partial charge on any atom is 0.220 e. The van der Waals surface area contributed by atoms with Crippen LogP contribution in [0.4, 0.5) is 0 Å². The van der Waals surface area contributed by atoms with E-state index in [4.69, 9.17) is 4.42 Å². The third-order valence-electron chi connectivity index (χ3n) is 5.42. The molecule has 0 unspecified atom stereocenters. The average Bonchev–Trinajstić information content (AvgIpc) is 3.17. The number of carbonyl (C=O) groups is 1. The fourth-order valence-electron chi connectivity index (χ4n) is 3.70. The van der Waals surface area contributed by atoms with E-state index in [1.54, 1.807) is 0 Å². The Hall–Kier alpha value is -2.21. The molecule has 0 aliphatic heterocycles. The first-order valence-corrected chi connectivity index (χ1v) is 10.5. The van der Waals surface area contributed by atoms with E-state index < -0.39 is 5.60 Å². The van der Waals surface area contributed by atoms with Crippen LogP contribution in [-0.4, -0.2) is 33.4 Å². The van der Waals surface area contributed by atoms with Gasteiger partial charge in [-0.15, -0.1) is 10.2 Å². The molecule has 1 aromatic heterocycles. The highest BCUT2D eigenvalue weighted by atomic mass is 16.4. The number of hydrogen-bond donors (Lipinski definition) is 2. The minimum atomic E-state index is -0.731. The average molecular weight is 386 g/mol. The molecule has 1 aliphatic rings. The van der Waals surface area contributed by atoms with Crippen LogP contribution in [0.2, 0.25) is 0 Å². The molecule has 152 valence electrons. The second-order valence-corrected chi connectivity index (χ2v) is 7.84. The largest absolute Gasteiger partial charge is 0.425 e. The fraction of sp³-hybridized carbons (Fsp3) is 0.591. The Bertz CT molecular complexity index is 724. The van der Waals surface area contributed by atoms with Gasteiger partial charge in [-0.2, -0.15) is 0 Å². The van der Waals surface area contributed by atoms with Crippen LogP contribution < -0.4 is 5.32 Å². The summed E-state index contributed by atoms with van der Waals surface area (Å²) in [5.74, 6) is 1.06. The highest BCUT2D eigenvalue weighted by molar-refractivity contribution is 5.76. The van der Waals surface area contributed by atoms with E-state index >= 15 is 0 Å². The van der Waals surface area contributed by atoms with E-state index in [1.807, 2.05) is 6.07 Å². The van der Waals surface area contributed by atoms with Gasteiger partial charge in [0.15, 0.2) is 0 Å². The Labute approximate surface area is 166 Å². The lowest BCUT2D eigenvalue weighted by Gasteiger charge is -2.32. The first-order valence-electron chi connectivity index (χ1n) is 10.5. The van der Waals surface area contributed by atoms with Crippen molar-refractivity contribution in [2.45, 2.75) is 76.2 Å². The van der Waals surface area contributed by atoms with Crippen molar-refractivity contribution in [2.75, 3.05) is 6.54 Å². The molecule has 6 nitrogen and oxygen atoms in total. The van der Waals surface area contributed by atoms with Crippen LogP contribution in [0.25, 0.3) is 0 Å². The molecule has 0 radical (unpaired) electrons. The van der Waals surface area contributed by atoms with E-state index in [0.717, 1.165) is 51.4 Å². The number of aliphatic hydroxyl groups is 1. The summed E-state index contributed by atoms with van der Waals surface area (Å²) in [6.07, 6.45) is 9.38. The van der Waals surface area contributed by atoms with Crippen molar-refractivity contribution in [1.82, 2.24) is 15.5 Å². The molecule has 3 rings (SSSR count). The number of hydrogen-bond acceptors (Lipinski definition) is 5. The minimum absolute atomic E-state index is 0.0818. The molecule has 6 heteroatoms. The lowest BCUT2D eigenvalue weighted by molar-refractivity contribution is -0.122.